The number of likely N-dealkylation sites (tertiary alicyclic amines) is 1. The van der Waals surface area contributed by atoms with Crippen molar-refractivity contribution in [3.8, 4) is 0 Å². The number of hydrogen-bond acceptors (Lipinski definition) is 4. The lowest BCUT2D eigenvalue weighted by Crippen LogP contribution is -2.48. The number of ether oxygens (including phenoxy) is 1. The van der Waals surface area contributed by atoms with Crippen LogP contribution in [0.2, 0.25) is 0 Å². The van der Waals surface area contributed by atoms with Crippen molar-refractivity contribution < 1.29 is 14.3 Å². The first-order chi connectivity index (χ1) is 12.2. The predicted molar refractivity (Wildman–Crippen MR) is 87.4 cm³/mol. The van der Waals surface area contributed by atoms with Gasteiger partial charge in [-0.1, -0.05) is 30.3 Å². The number of nitrogens with zero attached hydrogens (tertiary/aromatic N) is 3. The Bertz CT molecular complexity index is 822. The number of H-pyrrole nitrogens is 1. The van der Waals surface area contributed by atoms with E-state index in [1.807, 2.05) is 35.2 Å². The molecule has 25 heavy (non-hydrogen) atoms. The third-order valence-corrected chi connectivity index (χ3v) is 5.61. The highest BCUT2D eigenvalue weighted by molar-refractivity contribution is 5.95. The summed E-state index contributed by atoms with van der Waals surface area (Å²) in [6.45, 7) is 1.13. The Labute approximate surface area is 144 Å². The van der Waals surface area contributed by atoms with Crippen LogP contribution in [0.1, 0.15) is 34.9 Å². The van der Waals surface area contributed by atoms with Crippen molar-refractivity contribution >= 4 is 11.8 Å². The summed E-state index contributed by atoms with van der Waals surface area (Å²) in [5.41, 5.74) is 0.898. The van der Waals surface area contributed by atoms with E-state index in [-0.39, 0.29) is 24.0 Å². The highest BCUT2D eigenvalue weighted by atomic mass is 16.5. The van der Waals surface area contributed by atoms with E-state index in [1.165, 1.54) is 6.20 Å². The number of aromatic amines is 1. The van der Waals surface area contributed by atoms with Crippen molar-refractivity contribution in [3.05, 3.63) is 53.9 Å². The summed E-state index contributed by atoms with van der Waals surface area (Å²) in [6.07, 6.45) is 3.94. The van der Waals surface area contributed by atoms with Crippen LogP contribution in [0.25, 0.3) is 0 Å². The molecule has 7 nitrogen and oxygen atoms in total. The zero-order valence-corrected chi connectivity index (χ0v) is 13.6. The lowest BCUT2D eigenvalue weighted by Gasteiger charge is -2.31. The molecule has 1 N–H and O–H groups in total. The number of carbonyl (C=O) groups excluding carboxylic acids is 2. The Morgan fingerprint density at radius 1 is 1.32 bits per heavy atom. The molecular weight excluding hydrogens is 320 g/mol. The maximum absolute atomic E-state index is 12.8. The topological polar surface area (TPSA) is 78.5 Å². The maximum Gasteiger partial charge on any atom is 0.257 e. The van der Waals surface area contributed by atoms with Gasteiger partial charge >= 0.3 is 0 Å². The second-order valence-electron chi connectivity index (χ2n) is 6.82. The molecule has 0 saturated carbocycles. The lowest BCUT2D eigenvalue weighted by atomic mass is 10.1. The molecule has 3 aliphatic heterocycles. The van der Waals surface area contributed by atoms with E-state index >= 15 is 0 Å². The summed E-state index contributed by atoms with van der Waals surface area (Å²) in [5.74, 6) is -0.0369. The third-order valence-electron chi connectivity index (χ3n) is 5.61. The third kappa shape index (κ3) is 1.99. The summed E-state index contributed by atoms with van der Waals surface area (Å²) in [6, 6.07) is 9.71. The zero-order valence-electron chi connectivity index (χ0n) is 13.6. The van der Waals surface area contributed by atoms with Gasteiger partial charge < -0.3 is 14.5 Å². The summed E-state index contributed by atoms with van der Waals surface area (Å²) >= 11 is 0. The molecule has 4 heterocycles. The highest BCUT2D eigenvalue weighted by Gasteiger charge is 2.65. The van der Waals surface area contributed by atoms with Crippen LogP contribution in [0.5, 0.6) is 0 Å². The maximum atomic E-state index is 12.8. The number of amides is 2. The van der Waals surface area contributed by atoms with E-state index in [0.717, 1.165) is 5.56 Å². The minimum atomic E-state index is -0.684. The van der Waals surface area contributed by atoms with Gasteiger partial charge in [0, 0.05) is 19.2 Å². The number of rotatable bonds is 2. The second kappa shape index (κ2) is 5.16. The molecule has 0 radical (unpaired) electrons. The van der Waals surface area contributed by atoms with E-state index < -0.39 is 5.72 Å². The molecule has 1 aromatic heterocycles. The molecule has 3 atom stereocenters. The van der Waals surface area contributed by atoms with E-state index in [9.17, 15) is 9.59 Å². The Balaban J connectivity index is 1.46. The van der Waals surface area contributed by atoms with Crippen molar-refractivity contribution in [1.82, 2.24) is 20.0 Å². The van der Waals surface area contributed by atoms with Crippen LogP contribution < -0.4 is 0 Å². The van der Waals surface area contributed by atoms with Gasteiger partial charge in [-0.25, -0.2) is 0 Å². The number of nitrogens with one attached hydrogen (secondary N) is 1. The van der Waals surface area contributed by atoms with Crippen LogP contribution in [0.3, 0.4) is 0 Å². The SMILES string of the molecule is O=C(c1cn[nH]c1)N1CC[C@@]23O[C@H](c4ccccc4)CN2C(=O)C[C@@H]13. The van der Waals surface area contributed by atoms with Gasteiger partial charge in [-0.05, 0) is 5.56 Å². The van der Waals surface area contributed by atoms with Gasteiger partial charge in [0.25, 0.3) is 5.91 Å². The molecule has 128 valence electrons. The molecule has 7 heteroatoms. The molecular formula is C18H18N4O3. The number of aromatic nitrogens is 2. The molecule has 0 bridgehead atoms. The Hall–Kier alpha value is -2.67. The van der Waals surface area contributed by atoms with Crippen molar-refractivity contribution in [1.29, 1.82) is 0 Å². The first-order valence-corrected chi connectivity index (χ1v) is 8.52. The summed E-state index contributed by atoms with van der Waals surface area (Å²) in [5, 5.41) is 6.52. The average Bonchev–Trinajstić information content (AvgIpc) is 3.38. The van der Waals surface area contributed by atoms with Crippen molar-refractivity contribution in [2.45, 2.75) is 30.7 Å². The quantitative estimate of drug-likeness (QED) is 0.896. The predicted octanol–water partition coefficient (Wildman–Crippen LogP) is 1.32. The normalized spacial score (nSPS) is 30.6. The van der Waals surface area contributed by atoms with Gasteiger partial charge in [-0.3, -0.25) is 14.7 Å². The van der Waals surface area contributed by atoms with Crippen LogP contribution in [0.15, 0.2) is 42.7 Å². The highest BCUT2D eigenvalue weighted by Crippen LogP contribution is 2.50. The Kier molecular flexibility index (Phi) is 3.03. The molecule has 3 saturated heterocycles. The Morgan fingerprint density at radius 2 is 2.16 bits per heavy atom. The first-order valence-electron chi connectivity index (χ1n) is 8.52. The van der Waals surface area contributed by atoms with Crippen molar-refractivity contribution in [2.24, 2.45) is 0 Å². The average molecular weight is 338 g/mol. The van der Waals surface area contributed by atoms with E-state index in [4.69, 9.17) is 4.74 Å². The summed E-state index contributed by atoms with van der Waals surface area (Å²) < 4.78 is 6.44. The standard InChI is InChI=1S/C18H18N4O3/c23-16-8-15-18(6-7-21(15)17(24)13-9-19-20-10-13)22(16)11-14(25-18)12-4-2-1-3-5-12/h1-5,9-10,14-15H,6-8,11H2,(H,19,20)/t14-,15+,18-/m0/s1. The van der Waals surface area contributed by atoms with Crippen LogP contribution in [-0.2, 0) is 9.53 Å². The van der Waals surface area contributed by atoms with Crippen LogP contribution in [0.4, 0.5) is 0 Å². The molecule has 2 amide bonds. The Morgan fingerprint density at radius 3 is 2.92 bits per heavy atom. The van der Waals surface area contributed by atoms with Gasteiger partial charge in [0.2, 0.25) is 5.91 Å². The molecule has 1 aromatic carbocycles. The monoisotopic (exact) mass is 338 g/mol. The van der Waals surface area contributed by atoms with Crippen LogP contribution >= 0.6 is 0 Å². The van der Waals surface area contributed by atoms with Crippen molar-refractivity contribution in [2.75, 3.05) is 13.1 Å². The molecule has 0 unspecified atom stereocenters. The zero-order chi connectivity index (χ0) is 17.0. The van der Waals surface area contributed by atoms with Gasteiger partial charge in [0.15, 0.2) is 5.72 Å². The van der Waals surface area contributed by atoms with Gasteiger partial charge in [0.1, 0.15) is 6.10 Å². The fourth-order valence-corrected chi connectivity index (χ4v) is 4.44. The molecule has 0 aliphatic carbocycles. The van der Waals surface area contributed by atoms with Crippen LogP contribution in [0, 0.1) is 0 Å². The second-order valence-corrected chi connectivity index (χ2v) is 6.82. The number of hydrogen-bond donors (Lipinski definition) is 1. The fourth-order valence-electron chi connectivity index (χ4n) is 4.44. The largest absolute Gasteiger partial charge is 0.343 e. The molecule has 3 fully saturated rings. The van der Waals surface area contributed by atoms with E-state index in [2.05, 4.69) is 10.2 Å². The molecule has 5 rings (SSSR count). The minimum Gasteiger partial charge on any atom is -0.343 e. The fraction of sp³-hybridized carbons (Fsp3) is 0.389. The molecule has 3 aliphatic rings. The van der Waals surface area contributed by atoms with E-state index in [0.29, 0.717) is 31.5 Å². The number of carbonyl (C=O) groups is 2. The first kappa shape index (κ1) is 14.7. The van der Waals surface area contributed by atoms with Crippen molar-refractivity contribution in [3.63, 3.8) is 0 Å². The summed E-state index contributed by atoms with van der Waals surface area (Å²) in [7, 11) is 0. The number of benzene rings is 1. The van der Waals surface area contributed by atoms with E-state index in [1.54, 1.807) is 11.1 Å². The molecule has 2 aromatic rings. The van der Waals surface area contributed by atoms with Gasteiger partial charge in [-0.15, -0.1) is 0 Å². The lowest BCUT2D eigenvalue weighted by molar-refractivity contribution is -0.138. The smallest absolute Gasteiger partial charge is 0.257 e. The van der Waals surface area contributed by atoms with Gasteiger partial charge in [0.05, 0.1) is 30.8 Å². The molecule has 1 spiro atoms. The minimum absolute atomic E-state index is 0.0631. The van der Waals surface area contributed by atoms with Crippen LogP contribution in [-0.4, -0.2) is 56.7 Å². The summed E-state index contributed by atoms with van der Waals surface area (Å²) in [4.78, 5) is 29.0. The van der Waals surface area contributed by atoms with Gasteiger partial charge in [-0.2, -0.15) is 5.10 Å².